The largest absolute Gasteiger partial charge is 0.439 e. The topological polar surface area (TPSA) is 175 Å². The van der Waals surface area contributed by atoms with E-state index in [0.29, 0.717) is 58.4 Å². The standard InChI is InChI=1S/C25H28N8O4S2/c26-15-3-1-2-4-16(15)30-25-29-10-13(22(27)35)23(32-25)31-18-11-28-24(39-18)14-12-38-21-17(34)9-19(37-20(14)21)33-5-7-36-8-6-33/h9-12,15-16H,1-8,26H2,(H2,27,35)(H2,29,30,31,32)/t15-,16+/m1/s1. The van der Waals surface area contributed by atoms with Crippen molar-refractivity contribution in [1.82, 2.24) is 15.0 Å². The summed E-state index contributed by atoms with van der Waals surface area (Å²) in [5.41, 5.74) is 13.2. The van der Waals surface area contributed by atoms with E-state index in [1.165, 1.54) is 34.9 Å². The molecule has 0 bridgehead atoms. The number of aromatic nitrogens is 3. The van der Waals surface area contributed by atoms with Crippen LogP contribution in [0.2, 0.25) is 0 Å². The van der Waals surface area contributed by atoms with Crippen molar-refractivity contribution in [2.45, 2.75) is 37.8 Å². The number of anilines is 4. The number of morpholine rings is 1. The molecule has 0 aromatic carbocycles. The molecule has 4 aromatic rings. The molecule has 2 fully saturated rings. The van der Waals surface area contributed by atoms with Crippen LogP contribution in [0.4, 0.5) is 22.7 Å². The summed E-state index contributed by atoms with van der Waals surface area (Å²) in [4.78, 5) is 40.3. The fourth-order valence-corrected chi connectivity index (χ4v) is 6.61. The van der Waals surface area contributed by atoms with Gasteiger partial charge in [0.2, 0.25) is 11.4 Å². The minimum Gasteiger partial charge on any atom is -0.439 e. The van der Waals surface area contributed by atoms with Gasteiger partial charge in [-0.15, -0.1) is 11.3 Å². The Morgan fingerprint density at radius 1 is 1.15 bits per heavy atom. The van der Waals surface area contributed by atoms with E-state index in [9.17, 15) is 9.59 Å². The molecule has 14 heteroatoms. The van der Waals surface area contributed by atoms with Gasteiger partial charge in [0.05, 0.1) is 25.0 Å². The lowest BCUT2D eigenvalue weighted by Gasteiger charge is -2.29. The Kier molecular flexibility index (Phi) is 7.16. The number of nitrogens with one attached hydrogen (secondary N) is 2. The number of hydrogen-bond donors (Lipinski definition) is 4. The zero-order valence-electron chi connectivity index (χ0n) is 21.0. The number of nitrogens with two attached hydrogens (primary N) is 2. The number of fused-ring (bicyclic) bond motifs is 1. The number of ether oxygens (including phenoxy) is 1. The van der Waals surface area contributed by atoms with E-state index < -0.39 is 5.91 Å². The third-order valence-electron chi connectivity index (χ3n) is 6.92. The van der Waals surface area contributed by atoms with Gasteiger partial charge >= 0.3 is 0 Å². The van der Waals surface area contributed by atoms with Crippen molar-refractivity contribution in [3.63, 3.8) is 0 Å². The van der Waals surface area contributed by atoms with Crippen LogP contribution in [0, 0.1) is 0 Å². The van der Waals surface area contributed by atoms with Gasteiger partial charge in [0.15, 0.2) is 11.5 Å². The van der Waals surface area contributed by atoms with Gasteiger partial charge < -0.3 is 36.2 Å². The first kappa shape index (κ1) is 25.7. The molecule has 2 aliphatic rings. The van der Waals surface area contributed by atoms with Crippen LogP contribution in [0.15, 0.2) is 33.1 Å². The molecule has 1 aliphatic carbocycles. The summed E-state index contributed by atoms with van der Waals surface area (Å²) in [6, 6.07) is 1.61. The minimum absolute atomic E-state index is 0.0166. The number of carbonyl (C=O) groups is 1. The molecule has 4 aromatic heterocycles. The molecule has 2 atom stereocenters. The average molecular weight is 569 g/mol. The maximum atomic E-state index is 12.8. The summed E-state index contributed by atoms with van der Waals surface area (Å²) in [5.74, 6) is 0.520. The van der Waals surface area contributed by atoms with Crippen molar-refractivity contribution in [1.29, 1.82) is 0 Å². The molecule has 6 rings (SSSR count). The predicted octanol–water partition coefficient (Wildman–Crippen LogP) is 3.13. The Bertz CT molecular complexity index is 1560. The van der Waals surface area contributed by atoms with E-state index in [1.54, 1.807) is 6.20 Å². The summed E-state index contributed by atoms with van der Waals surface area (Å²) >= 11 is 2.67. The summed E-state index contributed by atoms with van der Waals surface area (Å²) < 4.78 is 12.2. The van der Waals surface area contributed by atoms with E-state index in [2.05, 4.69) is 25.6 Å². The predicted molar refractivity (Wildman–Crippen MR) is 152 cm³/mol. The fraction of sp³-hybridized carbons (Fsp3) is 0.400. The molecule has 1 amide bonds. The Hall–Kier alpha value is -3.59. The molecular formula is C25H28N8O4S2. The third kappa shape index (κ3) is 5.32. The lowest BCUT2D eigenvalue weighted by Crippen LogP contribution is -2.43. The van der Waals surface area contributed by atoms with Crippen LogP contribution < -0.4 is 32.4 Å². The van der Waals surface area contributed by atoms with Crippen LogP contribution in [0.1, 0.15) is 36.0 Å². The van der Waals surface area contributed by atoms with E-state index in [4.69, 9.17) is 20.6 Å². The molecule has 204 valence electrons. The summed E-state index contributed by atoms with van der Waals surface area (Å²) in [7, 11) is 0. The lowest BCUT2D eigenvalue weighted by molar-refractivity contribution is 0.100. The van der Waals surface area contributed by atoms with Crippen molar-refractivity contribution in [3.05, 3.63) is 39.6 Å². The average Bonchev–Trinajstić information content (AvgIpc) is 3.58. The highest BCUT2D eigenvalue weighted by molar-refractivity contribution is 7.20. The summed E-state index contributed by atoms with van der Waals surface area (Å²) in [6.07, 6.45) is 7.12. The molecule has 39 heavy (non-hydrogen) atoms. The SMILES string of the molecule is NC(=O)c1cnc(N[C@H]2CCCC[C@H]2N)nc1Nc1cnc(-c2csc3c(=O)cc(N4CCOCC4)oc23)s1. The van der Waals surface area contributed by atoms with Gasteiger partial charge in [-0.05, 0) is 12.8 Å². The van der Waals surface area contributed by atoms with Gasteiger partial charge in [-0.1, -0.05) is 24.2 Å². The summed E-state index contributed by atoms with van der Waals surface area (Å²) in [5, 5.41) is 9.64. The zero-order chi connectivity index (χ0) is 26.9. The second-order valence-electron chi connectivity index (χ2n) is 9.53. The monoisotopic (exact) mass is 568 g/mol. The van der Waals surface area contributed by atoms with E-state index in [0.717, 1.165) is 31.2 Å². The lowest BCUT2D eigenvalue weighted by atomic mass is 9.91. The minimum atomic E-state index is -0.649. The van der Waals surface area contributed by atoms with Crippen molar-refractivity contribution >= 4 is 61.5 Å². The highest BCUT2D eigenvalue weighted by Crippen LogP contribution is 2.38. The van der Waals surface area contributed by atoms with Crippen molar-refractivity contribution in [2.75, 3.05) is 41.8 Å². The number of carbonyl (C=O) groups excluding carboxylic acids is 1. The number of rotatable bonds is 7. The third-order valence-corrected chi connectivity index (χ3v) is 8.84. The molecule has 6 N–H and O–H groups in total. The second-order valence-corrected chi connectivity index (χ2v) is 11.4. The molecule has 12 nitrogen and oxygen atoms in total. The maximum Gasteiger partial charge on any atom is 0.254 e. The Balaban J connectivity index is 1.28. The van der Waals surface area contributed by atoms with E-state index in [-0.39, 0.29) is 28.9 Å². The molecule has 1 aliphatic heterocycles. The zero-order valence-corrected chi connectivity index (χ0v) is 22.6. The highest BCUT2D eigenvalue weighted by Gasteiger charge is 2.24. The molecule has 0 unspecified atom stereocenters. The Morgan fingerprint density at radius 3 is 2.77 bits per heavy atom. The van der Waals surface area contributed by atoms with Crippen molar-refractivity contribution < 1.29 is 13.9 Å². The van der Waals surface area contributed by atoms with Crippen LogP contribution in [0.3, 0.4) is 0 Å². The number of thiazole rings is 1. The van der Waals surface area contributed by atoms with Crippen LogP contribution in [0.5, 0.6) is 0 Å². The Labute approximate surface area is 231 Å². The molecular weight excluding hydrogens is 540 g/mol. The van der Waals surface area contributed by atoms with E-state index in [1.807, 2.05) is 10.3 Å². The van der Waals surface area contributed by atoms with Crippen LogP contribution >= 0.6 is 22.7 Å². The van der Waals surface area contributed by atoms with Gasteiger partial charge in [-0.25, -0.2) is 9.97 Å². The van der Waals surface area contributed by atoms with Crippen molar-refractivity contribution in [2.24, 2.45) is 11.5 Å². The number of nitrogens with zero attached hydrogens (tertiary/aromatic N) is 4. The molecule has 1 saturated heterocycles. The fourth-order valence-electron chi connectivity index (χ4n) is 4.82. The Morgan fingerprint density at radius 2 is 1.97 bits per heavy atom. The van der Waals surface area contributed by atoms with Gasteiger partial charge in [0.1, 0.15) is 26.1 Å². The van der Waals surface area contributed by atoms with Gasteiger partial charge in [-0.2, -0.15) is 4.98 Å². The van der Waals surface area contributed by atoms with Crippen LogP contribution in [-0.4, -0.2) is 59.2 Å². The maximum absolute atomic E-state index is 12.8. The normalized spacial score (nSPS) is 19.8. The molecule has 1 saturated carbocycles. The summed E-state index contributed by atoms with van der Waals surface area (Å²) in [6.45, 7) is 2.48. The second kappa shape index (κ2) is 10.9. The molecule has 0 spiro atoms. The number of thiophene rings is 1. The quantitative estimate of drug-likeness (QED) is 0.258. The van der Waals surface area contributed by atoms with Crippen LogP contribution in [0.25, 0.3) is 20.9 Å². The smallest absolute Gasteiger partial charge is 0.254 e. The van der Waals surface area contributed by atoms with Crippen molar-refractivity contribution in [3.8, 4) is 10.6 Å². The number of hydrogen-bond acceptors (Lipinski definition) is 13. The van der Waals surface area contributed by atoms with E-state index >= 15 is 0 Å². The molecule has 0 radical (unpaired) electrons. The van der Waals surface area contributed by atoms with Gasteiger partial charge in [-0.3, -0.25) is 9.59 Å². The first-order valence-corrected chi connectivity index (χ1v) is 14.5. The number of amides is 1. The first-order chi connectivity index (χ1) is 19.0. The van der Waals surface area contributed by atoms with Gasteiger partial charge in [0.25, 0.3) is 5.91 Å². The molecule has 5 heterocycles. The number of primary amides is 1. The van der Waals surface area contributed by atoms with Crippen LogP contribution in [-0.2, 0) is 4.74 Å². The highest BCUT2D eigenvalue weighted by atomic mass is 32.1. The first-order valence-electron chi connectivity index (χ1n) is 12.8. The van der Waals surface area contributed by atoms with Gasteiger partial charge in [0, 0.05) is 42.8 Å².